The normalized spacial score (nSPS) is 11.9. The van der Waals surface area contributed by atoms with Crippen LogP contribution in [0, 0.1) is 13.8 Å². The summed E-state index contributed by atoms with van der Waals surface area (Å²) in [5.41, 5.74) is 2.61. The Hall–Kier alpha value is -2.84. The van der Waals surface area contributed by atoms with E-state index >= 15 is 0 Å². The van der Waals surface area contributed by atoms with Crippen molar-refractivity contribution in [2.45, 2.75) is 33.0 Å². The summed E-state index contributed by atoms with van der Waals surface area (Å²) in [6, 6.07) is 6.20. The fourth-order valence-corrected chi connectivity index (χ4v) is 2.72. The molecule has 9 heteroatoms. The van der Waals surface area contributed by atoms with Crippen LogP contribution >= 0.6 is 0 Å². The molecule has 3 rings (SSSR count). The van der Waals surface area contributed by atoms with Gasteiger partial charge in [-0.15, -0.1) is 0 Å². The fraction of sp³-hybridized carbons (Fsp3) is 0.353. The van der Waals surface area contributed by atoms with Gasteiger partial charge >= 0.3 is 6.18 Å². The van der Waals surface area contributed by atoms with Gasteiger partial charge in [0.2, 0.25) is 5.82 Å². The second-order valence-electron chi connectivity index (χ2n) is 6.07. The zero-order valence-corrected chi connectivity index (χ0v) is 14.3. The van der Waals surface area contributed by atoms with E-state index in [9.17, 15) is 18.0 Å². The molecule has 0 saturated carbocycles. The quantitative estimate of drug-likeness (QED) is 0.682. The second kappa shape index (κ2) is 6.81. The van der Waals surface area contributed by atoms with Gasteiger partial charge in [0.1, 0.15) is 0 Å². The monoisotopic (exact) mass is 365 g/mol. The average molecular weight is 365 g/mol. The van der Waals surface area contributed by atoms with Crippen molar-refractivity contribution in [3.8, 4) is 0 Å². The van der Waals surface area contributed by atoms with Crippen molar-refractivity contribution >= 4 is 16.9 Å². The Labute approximate surface area is 147 Å². The predicted octanol–water partition coefficient (Wildman–Crippen LogP) is 3.22. The maximum Gasteiger partial charge on any atom is 0.449 e. The summed E-state index contributed by atoms with van der Waals surface area (Å²) in [5, 5.41) is 7.10. The van der Waals surface area contributed by atoms with Crippen LogP contribution in [-0.2, 0) is 12.7 Å². The summed E-state index contributed by atoms with van der Waals surface area (Å²) in [5.74, 6) is -1.42. The van der Waals surface area contributed by atoms with Crippen molar-refractivity contribution in [1.82, 2.24) is 25.1 Å². The zero-order chi connectivity index (χ0) is 18.9. The lowest BCUT2D eigenvalue weighted by Gasteiger charge is -2.07. The first kappa shape index (κ1) is 18.0. The Morgan fingerprint density at radius 1 is 1.27 bits per heavy atom. The van der Waals surface area contributed by atoms with Crippen LogP contribution in [-0.4, -0.2) is 32.2 Å². The Bertz CT molecular complexity index is 942. The highest BCUT2D eigenvalue weighted by molar-refractivity contribution is 5.97. The maximum absolute atomic E-state index is 12.7. The van der Waals surface area contributed by atoms with Crippen LogP contribution in [0.5, 0.6) is 0 Å². The number of hydrogen-bond donors (Lipinski definition) is 2. The highest BCUT2D eigenvalue weighted by Gasteiger charge is 2.34. The lowest BCUT2D eigenvalue weighted by Crippen LogP contribution is -2.25. The number of nitrogens with one attached hydrogen (secondary N) is 2. The lowest BCUT2D eigenvalue weighted by molar-refractivity contribution is -0.144. The number of fused-ring (bicyclic) bond motifs is 1. The van der Waals surface area contributed by atoms with Crippen molar-refractivity contribution in [2.24, 2.45) is 0 Å². The van der Waals surface area contributed by atoms with E-state index in [1.807, 2.05) is 24.6 Å². The van der Waals surface area contributed by atoms with Crippen LogP contribution in [0.15, 0.2) is 24.3 Å². The van der Waals surface area contributed by atoms with Crippen molar-refractivity contribution in [3.05, 3.63) is 47.0 Å². The van der Waals surface area contributed by atoms with E-state index < -0.39 is 12.0 Å². The number of H-pyrrole nitrogens is 1. The molecule has 0 saturated heterocycles. The molecule has 6 nitrogen and oxygen atoms in total. The van der Waals surface area contributed by atoms with Crippen LogP contribution in [0.25, 0.3) is 11.0 Å². The van der Waals surface area contributed by atoms with Crippen LogP contribution in [0.4, 0.5) is 13.2 Å². The van der Waals surface area contributed by atoms with Crippen LogP contribution in [0.2, 0.25) is 0 Å². The molecule has 1 aromatic carbocycles. The number of alkyl halides is 3. The van der Waals surface area contributed by atoms with E-state index in [4.69, 9.17) is 0 Å². The number of hydrogen-bond acceptors (Lipinski definition) is 3. The molecule has 3 aromatic rings. The van der Waals surface area contributed by atoms with Gasteiger partial charge in [-0.25, -0.2) is 4.98 Å². The first-order valence-electron chi connectivity index (χ1n) is 8.10. The summed E-state index contributed by atoms with van der Waals surface area (Å²) >= 11 is 0. The predicted molar refractivity (Wildman–Crippen MR) is 89.7 cm³/mol. The third kappa shape index (κ3) is 3.87. The largest absolute Gasteiger partial charge is 0.449 e. The molecule has 138 valence electrons. The van der Waals surface area contributed by atoms with E-state index in [1.54, 1.807) is 0 Å². The highest BCUT2D eigenvalue weighted by Crippen LogP contribution is 2.28. The first-order chi connectivity index (χ1) is 12.2. The molecule has 0 aliphatic heterocycles. The van der Waals surface area contributed by atoms with Gasteiger partial charge < -0.3 is 10.3 Å². The summed E-state index contributed by atoms with van der Waals surface area (Å²) < 4.78 is 39.9. The molecule has 26 heavy (non-hydrogen) atoms. The fourth-order valence-electron chi connectivity index (χ4n) is 2.72. The third-order valence-corrected chi connectivity index (χ3v) is 3.95. The second-order valence-corrected chi connectivity index (χ2v) is 6.07. The van der Waals surface area contributed by atoms with Crippen molar-refractivity contribution < 1.29 is 18.0 Å². The molecule has 0 unspecified atom stereocenters. The van der Waals surface area contributed by atoms with Crippen LogP contribution in [0.3, 0.4) is 0 Å². The minimum absolute atomic E-state index is 0.165. The Balaban J connectivity index is 1.60. The Kier molecular flexibility index (Phi) is 4.71. The van der Waals surface area contributed by atoms with Crippen molar-refractivity contribution in [3.63, 3.8) is 0 Å². The van der Waals surface area contributed by atoms with Gasteiger partial charge in [-0.3, -0.25) is 9.48 Å². The number of carbonyl (C=O) groups is 1. The van der Waals surface area contributed by atoms with Gasteiger partial charge in [0, 0.05) is 24.3 Å². The van der Waals surface area contributed by atoms with E-state index in [2.05, 4.69) is 20.4 Å². The zero-order valence-electron chi connectivity index (χ0n) is 14.3. The highest BCUT2D eigenvalue weighted by atomic mass is 19.4. The van der Waals surface area contributed by atoms with Gasteiger partial charge in [0.15, 0.2) is 0 Å². The van der Waals surface area contributed by atoms with E-state index in [1.165, 1.54) is 18.2 Å². The number of aromatic nitrogens is 4. The van der Waals surface area contributed by atoms with Gasteiger partial charge in [0.05, 0.1) is 16.7 Å². The molecule has 0 aliphatic rings. The number of benzene rings is 1. The average Bonchev–Trinajstić information content (AvgIpc) is 3.13. The van der Waals surface area contributed by atoms with Gasteiger partial charge in [-0.1, -0.05) is 0 Å². The number of amides is 1. The minimum Gasteiger partial charge on any atom is -0.352 e. The molecular formula is C17H18F3N5O. The number of aromatic amines is 1. The molecule has 2 heterocycles. The Morgan fingerprint density at radius 3 is 2.69 bits per heavy atom. The summed E-state index contributed by atoms with van der Waals surface area (Å²) in [6.07, 6.45) is -3.86. The minimum atomic E-state index is -4.55. The number of imidazole rings is 1. The van der Waals surface area contributed by atoms with Gasteiger partial charge in [-0.05, 0) is 44.5 Å². The number of halogens is 3. The summed E-state index contributed by atoms with van der Waals surface area (Å²) in [4.78, 5) is 17.9. The molecule has 0 radical (unpaired) electrons. The number of rotatable bonds is 5. The van der Waals surface area contributed by atoms with Crippen LogP contribution in [0.1, 0.15) is 34.0 Å². The molecule has 2 N–H and O–H groups in total. The van der Waals surface area contributed by atoms with E-state index in [0.29, 0.717) is 19.5 Å². The number of carbonyl (C=O) groups excluding carboxylic acids is 1. The van der Waals surface area contributed by atoms with Crippen molar-refractivity contribution in [2.75, 3.05) is 6.54 Å². The SMILES string of the molecule is Cc1cc(C)n(CCCNC(=O)c2ccc3nc(C(F)(F)F)[nH]c3c2)n1. The van der Waals surface area contributed by atoms with Gasteiger partial charge in [-0.2, -0.15) is 18.3 Å². The van der Waals surface area contributed by atoms with E-state index in [0.717, 1.165) is 11.4 Å². The number of nitrogens with zero attached hydrogens (tertiary/aromatic N) is 3. The topological polar surface area (TPSA) is 75.6 Å². The smallest absolute Gasteiger partial charge is 0.352 e. The molecule has 0 aliphatic carbocycles. The molecule has 0 fully saturated rings. The molecule has 1 amide bonds. The maximum atomic E-state index is 12.7. The molecule has 0 atom stereocenters. The van der Waals surface area contributed by atoms with Crippen LogP contribution < -0.4 is 5.32 Å². The van der Waals surface area contributed by atoms with Gasteiger partial charge in [0.25, 0.3) is 5.91 Å². The number of aryl methyl sites for hydroxylation is 3. The lowest BCUT2D eigenvalue weighted by atomic mass is 10.2. The molecule has 0 spiro atoms. The third-order valence-electron chi connectivity index (χ3n) is 3.95. The summed E-state index contributed by atoms with van der Waals surface area (Å²) in [6.45, 7) is 4.99. The van der Waals surface area contributed by atoms with Crippen molar-refractivity contribution in [1.29, 1.82) is 0 Å². The molecule has 0 bridgehead atoms. The molecule has 2 aromatic heterocycles. The first-order valence-corrected chi connectivity index (χ1v) is 8.10. The standard InChI is InChI=1S/C17H18F3N5O/c1-10-8-11(2)25(24-10)7-3-6-21-15(26)12-4-5-13-14(9-12)23-16(22-13)17(18,19)20/h4-5,8-9H,3,6-7H2,1-2H3,(H,21,26)(H,22,23). The summed E-state index contributed by atoms with van der Waals surface area (Å²) in [7, 11) is 0. The van der Waals surface area contributed by atoms with E-state index in [-0.39, 0.29) is 22.5 Å². The molecular weight excluding hydrogens is 347 g/mol. The Morgan fingerprint density at radius 2 is 2.04 bits per heavy atom.